The van der Waals surface area contributed by atoms with Crippen LogP contribution >= 0.6 is 0 Å². The zero-order valence-corrected chi connectivity index (χ0v) is 11.6. The molecule has 0 bridgehead atoms. The van der Waals surface area contributed by atoms with Crippen molar-refractivity contribution in [1.82, 2.24) is 4.98 Å². The second kappa shape index (κ2) is 4.90. The minimum atomic E-state index is 0.0634. The van der Waals surface area contributed by atoms with Crippen molar-refractivity contribution in [2.75, 3.05) is 31.2 Å². The monoisotopic (exact) mass is 280 g/mol. The highest BCUT2D eigenvalue weighted by Crippen LogP contribution is 2.29. The Morgan fingerprint density at radius 3 is 2.76 bits per heavy atom. The van der Waals surface area contributed by atoms with E-state index in [4.69, 9.17) is 4.74 Å². The van der Waals surface area contributed by atoms with E-state index in [-0.39, 0.29) is 5.43 Å². The summed E-state index contributed by atoms with van der Waals surface area (Å²) in [6.45, 7) is 3.27. The number of aromatic nitrogens is 1. The lowest BCUT2D eigenvalue weighted by atomic mass is 10.0. The number of hydrogen-bond acceptors (Lipinski definition) is 3. The van der Waals surface area contributed by atoms with E-state index in [1.165, 1.54) is 0 Å². The molecule has 4 heteroatoms. The maximum absolute atomic E-state index is 12.2. The van der Waals surface area contributed by atoms with Gasteiger partial charge in [0.2, 0.25) is 0 Å². The van der Waals surface area contributed by atoms with Crippen LogP contribution in [-0.2, 0) is 4.74 Å². The van der Waals surface area contributed by atoms with E-state index in [0.29, 0.717) is 0 Å². The molecule has 0 unspecified atom stereocenters. The first-order chi connectivity index (χ1) is 10.3. The number of benzene rings is 2. The predicted octanol–water partition coefficient (Wildman–Crippen LogP) is 2.52. The molecule has 106 valence electrons. The number of hydrogen-bond donors (Lipinski definition) is 1. The number of fused-ring (bicyclic) bond motifs is 3. The van der Waals surface area contributed by atoms with Gasteiger partial charge < -0.3 is 14.6 Å². The fraction of sp³-hybridized carbons (Fsp3) is 0.235. The summed E-state index contributed by atoms with van der Waals surface area (Å²) in [6, 6.07) is 11.6. The Bertz CT molecular complexity index is 863. The van der Waals surface area contributed by atoms with Crippen molar-refractivity contribution in [2.45, 2.75) is 0 Å². The standard InChI is InChI=1S/C17H16N2O2/c20-15-3-1-2-12-4-5-13-14(19-8-10-21-11-9-19)6-7-18-17(13)16(12)15/h1-7,18H,8-11H2. The number of aromatic amines is 1. The van der Waals surface area contributed by atoms with Crippen LogP contribution in [-0.4, -0.2) is 31.3 Å². The molecule has 1 fully saturated rings. The highest BCUT2D eigenvalue weighted by atomic mass is 16.5. The zero-order chi connectivity index (χ0) is 14.2. The number of rotatable bonds is 1. The number of H-pyrrole nitrogens is 1. The third-order valence-corrected chi connectivity index (χ3v) is 4.10. The first kappa shape index (κ1) is 12.4. The molecule has 0 spiro atoms. The minimum Gasteiger partial charge on any atom is -0.378 e. The van der Waals surface area contributed by atoms with E-state index in [9.17, 15) is 4.79 Å². The van der Waals surface area contributed by atoms with Crippen LogP contribution in [0.3, 0.4) is 0 Å². The van der Waals surface area contributed by atoms with Crippen LogP contribution in [0.4, 0.5) is 5.69 Å². The van der Waals surface area contributed by atoms with Gasteiger partial charge in [-0.05, 0) is 17.5 Å². The molecule has 0 atom stereocenters. The summed E-state index contributed by atoms with van der Waals surface area (Å²) in [6.07, 6.45) is 1.92. The van der Waals surface area contributed by atoms with Gasteiger partial charge in [-0.15, -0.1) is 0 Å². The fourth-order valence-corrected chi connectivity index (χ4v) is 3.08. The van der Waals surface area contributed by atoms with Gasteiger partial charge in [-0.3, -0.25) is 4.79 Å². The molecular formula is C17H16N2O2. The lowest BCUT2D eigenvalue weighted by Gasteiger charge is -2.29. The van der Waals surface area contributed by atoms with Gasteiger partial charge in [0.15, 0.2) is 5.43 Å². The smallest absolute Gasteiger partial charge is 0.188 e. The molecule has 1 saturated heterocycles. The van der Waals surface area contributed by atoms with Gasteiger partial charge in [-0.2, -0.15) is 0 Å². The number of nitrogens with zero attached hydrogens (tertiary/aromatic N) is 1. The van der Waals surface area contributed by atoms with E-state index in [1.54, 1.807) is 6.07 Å². The number of morpholine rings is 1. The highest BCUT2D eigenvalue weighted by Gasteiger charge is 2.15. The lowest BCUT2D eigenvalue weighted by molar-refractivity contribution is 0.123. The largest absolute Gasteiger partial charge is 0.378 e. The molecule has 4 nitrogen and oxygen atoms in total. The van der Waals surface area contributed by atoms with Crippen molar-refractivity contribution in [3.8, 4) is 0 Å². The third kappa shape index (κ3) is 1.99. The second-order valence-corrected chi connectivity index (χ2v) is 5.30. The molecule has 2 aromatic carbocycles. The van der Waals surface area contributed by atoms with Crippen LogP contribution in [0.1, 0.15) is 0 Å². The van der Waals surface area contributed by atoms with Gasteiger partial charge in [0, 0.05) is 30.4 Å². The molecule has 1 aromatic heterocycles. The van der Waals surface area contributed by atoms with Crippen molar-refractivity contribution < 1.29 is 4.74 Å². The maximum atomic E-state index is 12.2. The van der Waals surface area contributed by atoms with Gasteiger partial charge in [-0.25, -0.2) is 0 Å². The minimum absolute atomic E-state index is 0.0634. The molecule has 4 rings (SSSR count). The molecule has 1 aliphatic rings. The molecule has 0 saturated carbocycles. The van der Waals surface area contributed by atoms with E-state index >= 15 is 0 Å². The Hall–Kier alpha value is -2.33. The second-order valence-electron chi connectivity index (χ2n) is 5.30. The summed E-state index contributed by atoms with van der Waals surface area (Å²) in [5.41, 5.74) is 2.15. The molecule has 0 radical (unpaired) electrons. The van der Waals surface area contributed by atoms with Crippen molar-refractivity contribution >= 4 is 27.4 Å². The summed E-state index contributed by atoms with van der Waals surface area (Å²) < 4.78 is 5.42. The summed E-state index contributed by atoms with van der Waals surface area (Å²) >= 11 is 0. The van der Waals surface area contributed by atoms with Crippen molar-refractivity contribution in [3.05, 3.63) is 52.8 Å². The van der Waals surface area contributed by atoms with Crippen molar-refractivity contribution in [1.29, 1.82) is 0 Å². The Labute approximate surface area is 122 Å². The summed E-state index contributed by atoms with van der Waals surface area (Å²) in [4.78, 5) is 17.8. The Morgan fingerprint density at radius 1 is 1.05 bits per heavy atom. The van der Waals surface area contributed by atoms with Gasteiger partial charge in [0.05, 0.1) is 24.1 Å². The molecule has 1 N–H and O–H groups in total. The number of nitrogens with one attached hydrogen (secondary N) is 1. The van der Waals surface area contributed by atoms with Crippen molar-refractivity contribution in [3.63, 3.8) is 0 Å². The number of anilines is 1. The summed E-state index contributed by atoms with van der Waals surface area (Å²) in [5, 5.41) is 2.84. The van der Waals surface area contributed by atoms with Crippen LogP contribution in [0, 0.1) is 0 Å². The highest BCUT2D eigenvalue weighted by molar-refractivity contribution is 6.09. The Balaban J connectivity index is 2.02. The maximum Gasteiger partial charge on any atom is 0.188 e. The molecule has 0 amide bonds. The van der Waals surface area contributed by atoms with Gasteiger partial charge >= 0.3 is 0 Å². The van der Waals surface area contributed by atoms with Gasteiger partial charge in [0.1, 0.15) is 0 Å². The quantitative estimate of drug-likeness (QED) is 0.697. The van der Waals surface area contributed by atoms with E-state index < -0.39 is 0 Å². The average Bonchev–Trinajstić information content (AvgIpc) is 2.55. The molecule has 21 heavy (non-hydrogen) atoms. The molecule has 0 aliphatic carbocycles. The van der Waals surface area contributed by atoms with Crippen LogP contribution in [0.5, 0.6) is 0 Å². The van der Waals surface area contributed by atoms with Crippen LogP contribution in [0.2, 0.25) is 0 Å². The van der Waals surface area contributed by atoms with E-state index in [2.05, 4.69) is 22.0 Å². The normalized spacial score (nSPS) is 15.7. The molecular weight excluding hydrogens is 264 g/mol. The number of ether oxygens (including phenoxy) is 1. The zero-order valence-electron chi connectivity index (χ0n) is 11.6. The van der Waals surface area contributed by atoms with E-state index in [1.807, 2.05) is 24.4 Å². The Morgan fingerprint density at radius 2 is 1.90 bits per heavy atom. The van der Waals surface area contributed by atoms with Gasteiger partial charge in [0.25, 0.3) is 0 Å². The van der Waals surface area contributed by atoms with Crippen molar-refractivity contribution in [2.24, 2.45) is 0 Å². The first-order valence-electron chi connectivity index (χ1n) is 7.20. The molecule has 1 aliphatic heterocycles. The topological polar surface area (TPSA) is 45.3 Å². The van der Waals surface area contributed by atoms with Crippen LogP contribution in [0.25, 0.3) is 21.7 Å². The predicted molar refractivity (Wildman–Crippen MR) is 85.1 cm³/mol. The van der Waals surface area contributed by atoms with E-state index in [0.717, 1.165) is 53.7 Å². The molecule has 3 aromatic rings. The van der Waals surface area contributed by atoms with Gasteiger partial charge in [-0.1, -0.05) is 24.3 Å². The summed E-state index contributed by atoms with van der Waals surface area (Å²) in [7, 11) is 0. The lowest BCUT2D eigenvalue weighted by Crippen LogP contribution is -2.36. The average molecular weight is 280 g/mol. The Kier molecular flexibility index (Phi) is 2.89. The third-order valence-electron chi connectivity index (χ3n) is 4.10. The van der Waals surface area contributed by atoms with Crippen LogP contribution < -0.4 is 10.3 Å². The SMILES string of the molecule is O=c1cccc2ccc3c(N4CCOCC4)cc[nH]c3c12. The van der Waals surface area contributed by atoms with Crippen LogP contribution in [0.15, 0.2) is 47.4 Å². The number of pyridine rings is 1. The first-order valence-corrected chi connectivity index (χ1v) is 7.20. The molecule has 2 heterocycles. The summed E-state index contributed by atoms with van der Waals surface area (Å²) in [5.74, 6) is 0. The fourth-order valence-electron chi connectivity index (χ4n) is 3.08.